The summed E-state index contributed by atoms with van der Waals surface area (Å²) in [5, 5.41) is 50.0. The van der Waals surface area contributed by atoms with Crippen LogP contribution in [-0.2, 0) is 38.1 Å². The highest BCUT2D eigenvalue weighted by Crippen LogP contribution is 2.51. The largest absolute Gasteiger partial charge is 0.508 e. The number of esters is 3. The number of carbonyl (C=O) groups is 3. The molecular weight excluding hydrogens is 580 g/mol. The van der Waals surface area contributed by atoms with Crippen LogP contribution in [0, 0.1) is 11.8 Å². The van der Waals surface area contributed by atoms with E-state index in [1.54, 1.807) is 30.4 Å². The van der Waals surface area contributed by atoms with Crippen LogP contribution >= 0.6 is 0 Å². The maximum Gasteiger partial charge on any atom is 0.338 e. The number of benzene rings is 1. The van der Waals surface area contributed by atoms with Crippen molar-refractivity contribution in [1.82, 2.24) is 0 Å². The van der Waals surface area contributed by atoms with Gasteiger partial charge in [-0.05, 0) is 49.3 Å². The Balaban J connectivity index is 1.39. The molecule has 0 bridgehead atoms. The Hall–Kier alpha value is -3.85. The molecule has 44 heavy (non-hydrogen) atoms. The Bertz CT molecular complexity index is 1390. The molecular formula is C31H34O13. The Morgan fingerprint density at radius 2 is 1.86 bits per heavy atom. The van der Waals surface area contributed by atoms with E-state index < -0.39 is 84.9 Å². The van der Waals surface area contributed by atoms with Crippen molar-refractivity contribution in [1.29, 1.82) is 0 Å². The number of methoxy groups -OCH3 is 1. The first-order chi connectivity index (χ1) is 21.0. The van der Waals surface area contributed by atoms with Gasteiger partial charge in [0.2, 0.25) is 0 Å². The van der Waals surface area contributed by atoms with Crippen LogP contribution in [0.3, 0.4) is 0 Å². The highest BCUT2D eigenvalue weighted by atomic mass is 16.7. The number of fused-ring (bicyclic) bond motifs is 2. The first-order valence-electron chi connectivity index (χ1n) is 14.1. The third-order valence-electron chi connectivity index (χ3n) is 8.30. The molecule has 2 aliphatic carbocycles. The van der Waals surface area contributed by atoms with Crippen molar-refractivity contribution in [2.75, 3.05) is 13.7 Å². The number of rotatable bonds is 8. The number of phenols is 1. The number of allylic oxidation sites excluding steroid dienone is 1. The Morgan fingerprint density at radius 1 is 1.14 bits per heavy atom. The quantitative estimate of drug-likeness (QED) is 0.114. The molecule has 1 aromatic rings. The first-order valence-corrected chi connectivity index (χ1v) is 14.1. The fourth-order valence-corrected chi connectivity index (χ4v) is 6.05. The standard InChI is InChI=1S/C31H34O13/c1-15(41-23(34)10-5-16-3-6-17(33)7-4-16)20-13-31(44-29(20)39)12-11-18-19(28(38)40-2)8-9-21(24(18)31)42-30-27(37)26(36)25(35)22(14-32)43-30/h3-8,10-13,15,18,21-22,24-27,30,32-33,35-37H,9,14H2,1-2H3. The van der Waals surface area contributed by atoms with Gasteiger partial charge in [-0.3, -0.25) is 0 Å². The fourth-order valence-electron chi connectivity index (χ4n) is 6.05. The van der Waals surface area contributed by atoms with E-state index in [0.717, 1.165) is 0 Å². The number of aliphatic hydroxyl groups is 4. The minimum atomic E-state index is -1.67. The normalized spacial score (nSPS) is 35.2. The number of aliphatic hydroxyl groups excluding tert-OH is 4. The topological polar surface area (TPSA) is 199 Å². The van der Waals surface area contributed by atoms with E-state index in [-0.39, 0.29) is 17.7 Å². The van der Waals surface area contributed by atoms with Crippen LogP contribution in [0.2, 0.25) is 0 Å². The zero-order valence-electron chi connectivity index (χ0n) is 23.9. The lowest BCUT2D eigenvalue weighted by molar-refractivity contribution is -0.317. The maximum absolute atomic E-state index is 13.2. The zero-order chi connectivity index (χ0) is 31.8. The number of phenolic OH excluding ortho intramolecular Hbond substituents is 1. The summed E-state index contributed by atoms with van der Waals surface area (Å²) in [4.78, 5) is 38.3. The van der Waals surface area contributed by atoms with Crippen LogP contribution < -0.4 is 0 Å². The lowest BCUT2D eigenvalue weighted by Crippen LogP contribution is -2.60. The molecule has 0 amide bonds. The van der Waals surface area contributed by atoms with Crippen molar-refractivity contribution in [3.8, 4) is 5.75 Å². The minimum Gasteiger partial charge on any atom is -0.508 e. The van der Waals surface area contributed by atoms with Crippen LogP contribution in [0.5, 0.6) is 5.75 Å². The monoisotopic (exact) mass is 614 g/mol. The van der Waals surface area contributed by atoms with Gasteiger partial charge in [-0.2, -0.15) is 0 Å². The fraction of sp³-hybridized carbons (Fsp3) is 0.452. The Morgan fingerprint density at radius 3 is 2.55 bits per heavy atom. The van der Waals surface area contributed by atoms with Gasteiger partial charge < -0.3 is 49.2 Å². The molecule has 13 heteroatoms. The third-order valence-corrected chi connectivity index (χ3v) is 8.30. The first kappa shape index (κ1) is 31.6. The van der Waals surface area contributed by atoms with Gasteiger partial charge in [0.1, 0.15) is 36.3 Å². The van der Waals surface area contributed by atoms with E-state index in [4.69, 9.17) is 23.7 Å². The van der Waals surface area contributed by atoms with E-state index >= 15 is 0 Å². The van der Waals surface area contributed by atoms with Crippen LogP contribution in [0.4, 0.5) is 0 Å². The van der Waals surface area contributed by atoms with Crippen LogP contribution in [0.15, 0.2) is 65.8 Å². The summed E-state index contributed by atoms with van der Waals surface area (Å²) in [6, 6.07) is 6.15. The molecule has 2 heterocycles. The van der Waals surface area contributed by atoms with Gasteiger partial charge >= 0.3 is 17.9 Å². The minimum absolute atomic E-state index is 0.0578. The van der Waals surface area contributed by atoms with Crippen molar-refractivity contribution in [3.63, 3.8) is 0 Å². The van der Waals surface area contributed by atoms with Gasteiger partial charge in [0.25, 0.3) is 0 Å². The van der Waals surface area contributed by atoms with Gasteiger partial charge in [0.05, 0.1) is 25.4 Å². The third kappa shape index (κ3) is 5.94. The van der Waals surface area contributed by atoms with Crippen molar-refractivity contribution < 1.29 is 63.6 Å². The van der Waals surface area contributed by atoms with E-state index in [9.17, 15) is 39.9 Å². The van der Waals surface area contributed by atoms with E-state index in [2.05, 4.69) is 0 Å². The second-order valence-electron chi connectivity index (χ2n) is 11.0. The number of carbonyl (C=O) groups excluding carboxylic acids is 3. The molecule has 13 nitrogen and oxygen atoms in total. The maximum atomic E-state index is 13.2. The molecule has 2 aliphatic heterocycles. The Labute approximate surface area is 252 Å². The average molecular weight is 615 g/mol. The molecule has 4 aliphatic rings. The highest BCUT2D eigenvalue weighted by molar-refractivity contribution is 5.95. The lowest BCUT2D eigenvalue weighted by Gasteiger charge is -2.45. The molecule has 0 aromatic heterocycles. The number of hydrogen-bond donors (Lipinski definition) is 5. The molecule has 236 valence electrons. The molecule has 0 radical (unpaired) electrons. The molecule has 10 unspecified atom stereocenters. The molecule has 5 rings (SSSR count). The van der Waals surface area contributed by atoms with Crippen molar-refractivity contribution in [3.05, 3.63) is 71.4 Å². The number of aromatic hydroxyl groups is 1. The van der Waals surface area contributed by atoms with Crippen molar-refractivity contribution >= 4 is 24.0 Å². The smallest absolute Gasteiger partial charge is 0.338 e. The molecule has 0 saturated carbocycles. The second kappa shape index (κ2) is 12.6. The Kier molecular flexibility index (Phi) is 9.07. The predicted octanol–water partition coefficient (Wildman–Crippen LogP) is 0.0495. The summed E-state index contributed by atoms with van der Waals surface area (Å²) in [5.41, 5.74) is -0.435. The second-order valence-corrected chi connectivity index (χ2v) is 11.0. The van der Waals surface area contributed by atoms with E-state index in [1.807, 2.05) is 0 Å². The van der Waals surface area contributed by atoms with Gasteiger partial charge in [-0.15, -0.1) is 0 Å². The van der Waals surface area contributed by atoms with E-state index in [0.29, 0.717) is 11.1 Å². The summed E-state index contributed by atoms with van der Waals surface area (Å²) in [7, 11) is 1.24. The zero-order valence-corrected chi connectivity index (χ0v) is 23.9. The molecule has 1 aromatic carbocycles. The van der Waals surface area contributed by atoms with Gasteiger partial charge in [-0.1, -0.05) is 24.3 Å². The molecule has 10 atom stereocenters. The number of ether oxygens (including phenoxy) is 5. The highest BCUT2D eigenvalue weighted by Gasteiger charge is 2.58. The average Bonchev–Trinajstić information content (AvgIpc) is 3.56. The van der Waals surface area contributed by atoms with Crippen LogP contribution in [-0.4, -0.2) is 106 Å². The van der Waals surface area contributed by atoms with Gasteiger partial charge in [-0.25, -0.2) is 14.4 Å². The molecule has 1 saturated heterocycles. The predicted molar refractivity (Wildman–Crippen MR) is 149 cm³/mol. The molecule has 1 fully saturated rings. The summed E-state index contributed by atoms with van der Waals surface area (Å²) >= 11 is 0. The van der Waals surface area contributed by atoms with Crippen molar-refractivity contribution in [2.24, 2.45) is 11.8 Å². The summed E-state index contributed by atoms with van der Waals surface area (Å²) in [5.74, 6) is -3.41. The van der Waals surface area contributed by atoms with Crippen LogP contribution in [0.25, 0.3) is 6.08 Å². The molecule has 5 N–H and O–H groups in total. The molecule has 1 spiro atoms. The van der Waals surface area contributed by atoms with Gasteiger partial charge in [0.15, 0.2) is 11.9 Å². The van der Waals surface area contributed by atoms with Gasteiger partial charge in [0, 0.05) is 23.5 Å². The van der Waals surface area contributed by atoms with Crippen LogP contribution in [0.1, 0.15) is 18.9 Å². The number of hydrogen-bond acceptors (Lipinski definition) is 13. The summed E-state index contributed by atoms with van der Waals surface area (Å²) < 4.78 is 28.0. The SMILES string of the molecule is COC(=O)C1=CCC(OC2OC(CO)C(O)C(O)C2O)C2C1C=CC21C=C(C(C)OC(=O)C=Cc2ccc(O)cc2)C(=O)O1. The van der Waals surface area contributed by atoms with Crippen molar-refractivity contribution in [2.45, 2.75) is 61.9 Å². The lowest BCUT2D eigenvalue weighted by atomic mass is 9.72. The summed E-state index contributed by atoms with van der Waals surface area (Å²) in [6.45, 7) is 0.862. The summed E-state index contributed by atoms with van der Waals surface area (Å²) in [6.07, 6.45) is -0.294. The van der Waals surface area contributed by atoms with E-state index in [1.165, 1.54) is 44.4 Å².